The molecule has 14 heavy (non-hydrogen) atoms. The molecular weight excluding hydrogens is 178 g/mol. The highest BCUT2D eigenvalue weighted by molar-refractivity contribution is 5.70. The zero-order valence-electron chi connectivity index (χ0n) is 9.43. The first-order chi connectivity index (χ1) is 6.58. The minimum absolute atomic E-state index is 0.141. The second-order valence-electron chi connectivity index (χ2n) is 3.73. The van der Waals surface area contributed by atoms with Crippen molar-refractivity contribution in [3.05, 3.63) is 0 Å². The van der Waals surface area contributed by atoms with E-state index in [4.69, 9.17) is 10.1 Å². The minimum atomic E-state index is -0.304. The molecular formula is C11H21NO2. The lowest BCUT2D eigenvalue weighted by molar-refractivity contribution is -0.158. The minimum Gasteiger partial charge on any atom is -0.459 e. The highest BCUT2D eigenvalue weighted by Crippen LogP contribution is 2.20. The Kier molecular flexibility index (Phi) is 6.17. The number of nitrogens with one attached hydrogen (secondary N) is 1. The van der Waals surface area contributed by atoms with Crippen LogP contribution < -0.4 is 0 Å². The van der Waals surface area contributed by atoms with Gasteiger partial charge in [-0.2, -0.15) is 0 Å². The normalized spacial score (nSPS) is 11.1. The number of hydrogen-bond donors (Lipinski definition) is 1. The quantitative estimate of drug-likeness (QED) is 0.389. The van der Waals surface area contributed by atoms with Gasteiger partial charge in [0.05, 0.1) is 0 Å². The largest absolute Gasteiger partial charge is 0.459 e. The summed E-state index contributed by atoms with van der Waals surface area (Å²) in [7, 11) is 0. The Labute approximate surface area is 86.3 Å². The summed E-state index contributed by atoms with van der Waals surface area (Å²) in [4.78, 5) is 11.4. The zero-order valence-corrected chi connectivity index (χ0v) is 9.43. The lowest BCUT2D eigenvalue weighted by atomic mass is 10.00. The predicted molar refractivity (Wildman–Crippen MR) is 57.7 cm³/mol. The summed E-state index contributed by atoms with van der Waals surface area (Å²) < 4.78 is 5.37. The molecule has 0 amide bonds. The van der Waals surface area contributed by atoms with Gasteiger partial charge in [0.15, 0.2) is 0 Å². The molecule has 0 aromatic rings. The molecule has 0 aromatic carbocycles. The summed E-state index contributed by atoms with van der Waals surface area (Å²) in [5.74, 6) is -0.141. The van der Waals surface area contributed by atoms with Crippen LogP contribution in [0.2, 0.25) is 0 Å². The van der Waals surface area contributed by atoms with E-state index in [9.17, 15) is 4.79 Å². The molecule has 0 saturated heterocycles. The van der Waals surface area contributed by atoms with Crippen molar-refractivity contribution in [2.75, 3.05) is 0 Å². The zero-order chi connectivity index (χ0) is 11.0. The van der Waals surface area contributed by atoms with Gasteiger partial charge in [-0.1, -0.05) is 13.8 Å². The molecule has 0 aliphatic carbocycles. The lowest BCUT2D eigenvalue weighted by Gasteiger charge is -2.26. The van der Waals surface area contributed by atoms with Crippen molar-refractivity contribution in [2.24, 2.45) is 0 Å². The maximum atomic E-state index is 11.4. The number of carbonyl (C=O) groups is 1. The number of unbranched alkanes of at least 4 members (excludes halogenated alkanes) is 1. The fourth-order valence-electron chi connectivity index (χ4n) is 1.07. The van der Waals surface area contributed by atoms with Crippen LogP contribution in [0.15, 0.2) is 0 Å². The Hall–Kier alpha value is -0.860. The molecule has 82 valence electrons. The molecule has 0 saturated carbocycles. The first-order valence-corrected chi connectivity index (χ1v) is 5.28. The van der Waals surface area contributed by atoms with Crippen LogP contribution >= 0.6 is 0 Å². The summed E-state index contributed by atoms with van der Waals surface area (Å²) in [6.07, 6.45) is 4.81. The molecule has 0 aliphatic rings. The topological polar surface area (TPSA) is 50.2 Å². The third-order valence-corrected chi connectivity index (χ3v) is 2.59. The van der Waals surface area contributed by atoms with E-state index in [1.54, 1.807) is 0 Å². The average Bonchev–Trinajstić information content (AvgIpc) is 2.18. The van der Waals surface area contributed by atoms with Gasteiger partial charge in [0.25, 0.3) is 0 Å². The molecule has 3 nitrogen and oxygen atoms in total. The van der Waals surface area contributed by atoms with Crippen molar-refractivity contribution in [3.8, 4) is 0 Å². The molecule has 0 aliphatic heterocycles. The summed E-state index contributed by atoms with van der Waals surface area (Å²) in [6.45, 7) is 6.00. The van der Waals surface area contributed by atoms with Crippen LogP contribution in [0.1, 0.15) is 52.9 Å². The van der Waals surface area contributed by atoms with E-state index in [1.807, 2.05) is 20.8 Å². The molecule has 0 radical (unpaired) electrons. The van der Waals surface area contributed by atoms with Crippen LogP contribution in [0.5, 0.6) is 0 Å². The first-order valence-electron chi connectivity index (χ1n) is 5.28. The molecule has 0 rings (SSSR count). The van der Waals surface area contributed by atoms with Gasteiger partial charge in [0.2, 0.25) is 0 Å². The van der Waals surface area contributed by atoms with Crippen LogP contribution in [0, 0.1) is 5.41 Å². The van der Waals surface area contributed by atoms with Crippen molar-refractivity contribution in [1.29, 1.82) is 5.41 Å². The Bertz CT molecular complexity index is 186. The fourth-order valence-corrected chi connectivity index (χ4v) is 1.07. The lowest BCUT2D eigenvalue weighted by Crippen LogP contribution is -2.29. The third-order valence-electron chi connectivity index (χ3n) is 2.59. The van der Waals surface area contributed by atoms with E-state index in [1.165, 1.54) is 6.21 Å². The molecule has 0 bridgehead atoms. The summed E-state index contributed by atoms with van der Waals surface area (Å²) >= 11 is 0. The maximum absolute atomic E-state index is 11.4. The predicted octanol–water partition coefficient (Wildman–Crippen LogP) is 2.93. The van der Waals surface area contributed by atoms with E-state index in [-0.39, 0.29) is 11.6 Å². The van der Waals surface area contributed by atoms with Crippen LogP contribution in [0.25, 0.3) is 0 Å². The Morgan fingerprint density at radius 2 is 2.00 bits per heavy atom. The van der Waals surface area contributed by atoms with Crippen molar-refractivity contribution in [1.82, 2.24) is 0 Å². The Morgan fingerprint density at radius 1 is 1.43 bits per heavy atom. The van der Waals surface area contributed by atoms with Gasteiger partial charge in [0, 0.05) is 6.42 Å². The Morgan fingerprint density at radius 3 is 2.43 bits per heavy atom. The monoisotopic (exact) mass is 199 g/mol. The highest BCUT2D eigenvalue weighted by Gasteiger charge is 2.23. The van der Waals surface area contributed by atoms with E-state index >= 15 is 0 Å². The molecule has 0 atom stereocenters. The molecule has 3 heteroatoms. The average molecular weight is 199 g/mol. The summed E-state index contributed by atoms with van der Waals surface area (Å²) in [6, 6.07) is 0. The van der Waals surface area contributed by atoms with Gasteiger partial charge in [-0.15, -0.1) is 0 Å². The molecule has 0 aromatic heterocycles. The van der Waals surface area contributed by atoms with Crippen LogP contribution in [0.3, 0.4) is 0 Å². The molecule has 1 N–H and O–H groups in total. The second-order valence-corrected chi connectivity index (χ2v) is 3.73. The number of esters is 1. The molecule has 0 unspecified atom stereocenters. The Balaban J connectivity index is 3.85. The number of hydrogen-bond acceptors (Lipinski definition) is 3. The van der Waals surface area contributed by atoms with E-state index in [0.29, 0.717) is 19.3 Å². The number of ether oxygens (including phenoxy) is 1. The smallest absolute Gasteiger partial charge is 0.306 e. The first kappa shape index (κ1) is 13.1. The maximum Gasteiger partial charge on any atom is 0.306 e. The van der Waals surface area contributed by atoms with Gasteiger partial charge in [0.1, 0.15) is 5.60 Å². The van der Waals surface area contributed by atoms with E-state index < -0.39 is 0 Å². The third kappa shape index (κ3) is 5.00. The fraction of sp³-hybridized carbons (Fsp3) is 0.818. The molecule has 0 spiro atoms. The van der Waals surface area contributed by atoms with E-state index in [0.717, 1.165) is 12.8 Å². The van der Waals surface area contributed by atoms with Crippen LogP contribution in [0.4, 0.5) is 0 Å². The van der Waals surface area contributed by atoms with Gasteiger partial charge < -0.3 is 10.1 Å². The van der Waals surface area contributed by atoms with Crippen molar-refractivity contribution in [3.63, 3.8) is 0 Å². The van der Waals surface area contributed by atoms with Gasteiger partial charge >= 0.3 is 5.97 Å². The highest BCUT2D eigenvalue weighted by atomic mass is 16.6. The van der Waals surface area contributed by atoms with Crippen molar-refractivity contribution < 1.29 is 9.53 Å². The van der Waals surface area contributed by atoms with Crippen LogP contribution in [-0.4, -0.2) is 17.8 Å². The van der Waals surface area contributed by atoms with Gasteiger partial charge in [-0.3, -0.25) is 4.79 Å². The van der Waals surface area contributed by atoms with Crippen molar-refractivity contribution in [2.45, 2.75) is 58.5 Å². The van der Waals surface area contributed by atoms with Crippen LogP contribution in [-0.2, 0) is 9.53 Å². The SMILES string of the molecule is CCC(C)(CC)OC(=O)CCCC=N. The second kappa shape index (κ2) is 6.57. The van der Waals surface area contributed by atoms with Gasteiger partial charge in [-0.05, 0) is 38.8 Å². The number of carbonyl (C=O) groups excluding carboxylic acids is 1. The number of rotatable bonds is 7. The molecule has 0 heterocycles. The van der Waals surface area contributed by atoms with Gasteiger partial charge in [-0.25, -0.2) is 0 Å². The van der Waals surface area contributed by atoms with E-state index in [2.05, 4.69) is 0 Å². The molecule has 0 fully saturated rings. The standard InChI is InChI=1S/C11H21NO2/c1-4-11(3,5-2)14-10(13)8-6-7-9-12/h9,12H,4-8H2,1-3H3. The summed E-state index contributed by atoms with van der Waals surface area (Å²) in [5.41, 5.74) is -0.304. The summed E-state index contributed by atoms with van der Waals surface area (Å²) in [5, 5.41) is 6.82. The van der Waals surface area contributed by atoms with Crippen molar-refractivity contribution >= 4 is 12.2 Å².